The zero-order valence-electron chi connectivity index (χ0n) is 22.1. The van der Waals surface area contributed by atoms with E-state index in [4.69, 9.17) is 9.15 Å². The van der Waals surface area contributed by atoms with Gasteiger partial charge in [-0.05, 0) is 56.7 Å². The number of ether oxygens (including phenoxy) is 1. The lowest BCUT2D eigenvalue weighted by atomic mass is 9.98. The average molecular weight is 527 g/mol. The monoisotopic (exact) mass is 526 g/mol. The second-order valence-corrected chi connectivity index (χ2v) is 9.81. The summed E-state index contributed by atoms with van der Waals surface area (Å²) < 4.78 is 11.8. The quantitative estimate of drug-likeness (QED) is 0.345. The fourth-order valence-corrected chi connectivity index (χ4v) is 4.98. The normalized spacial score (nSPS) is 14.3. The number of carboxylic acid groups (broad SMARTS) is 1. The van der Waals surface area contributed by atoms with Crippen LogP contribution >= 0.6 is 0 Å². The maximum absolute atomic E-state index is 13.5. The number of benzene rings is 3. The summed E-state index contributed by atoms with van der Waals surface area (Å²) in [7, 11) is 0. The number of morpholine rings is 1. The number of fused-ring (bicyclic) bond motifs is 1. The number of para-hydroxylation sites is 1. The molecule has 0 aliphatic carbocycles. The van der Waals surface area contributed by atoms with Gasteiger partial charge in [-0.1, -0.05) is 30.3 Å². The van der Waals surface area contributed by atoms with E-state index in [2.05, 4.69) is 5.32 Å². The molecule has 1 aliphatic rings. The van der Waals surface area contributed by atoms with Crippen LogP contribution in [-0.4, -0.2) is 48.2 Å². The molecule has 5 rings (SSSR count). The number of rotatable bonds is 6. The summed E-state index contributed by atoms with van der Waals surface area (Å²) in [6, 6.07) is 17.2. The Labute approximate surface area is 225 Å². The van der Waals surface area contributed by atoms with Crippen molar-refractivity contribution in [2.45, 2.75) is 26.8 Å². The Balaban J connectivity index is 1.54. The molecule has 2 heterocycles. The van der Waals surface area contributed by atoms with Gasteiger partial charge in [-0.25, -0.2) is 4.79 Å². The summed E-state index contributed by atoms with van der Waals surface area (Å²) >= 11 is 0. The number of hydrogen-bond acceptors (Lipinski definition) is 6. The smallest absolute Gasteiger partial charge is 0.337 e. The molecule has 0 spiro atoms. The van der Waals surface area contributed by atoms with Gasteiger partial charge < -0.3 is 24.5 Å². The van der Waals surface area contributed by atoms with Crippen molar-refractivity contribution in [3.05, 3.63) is 98.7 Å². The molecule has 0 bridgehead atoms. The Hall–Kier alpha value is -4.43. The van der Waals surface area contributed by atoms with Crippen LogP contribution in [0.15, 0.2) is 69.9 Å². The van der Waals surface area contributed by atoms with Gasteiger partial charge in [-0.15, -0.1) is 0 Å². The molecule has 2 N–H and O–H groups in total. The summed E-state index contributed by atoms with van der Waals surface area (Å²) in [6.45, 7) is 7.73. The highest BCUT2D eigenvalue weighted by molar-refractivity contribution is 5.95. The third-order valence-electron chi connectivity index (χ3n) is 7.08. The molecule has 8 heteroatoms. The zero-order valence-corrected chi connectivity index (χ0v) is 22.1. The van der Waals surface area contributed by atoms with E-state index >= 15 is 0 Å². The van der Waals surface area contributed by atoms with Crippen LogP contribution in [-0.2, 0) is 4.74 Å². The Kier molecular flexibility index (Phi) is 7.21. The number of nitrogens with one attached hydrogen (secondary N) is 1. The van der Waals surface area contributed by atoms with E-state index in [1.807, 2.05) is 26.0 Å². The molecule has 1 fully saturated rings. The Bertz CT molecular complexity index is 1620. The van der Waals surface area contributed by atoms with Crippen molar-refractivity contribution in [2.24, 2.45) is 0 Å². The van der Waals surface area contributed by atoms with E-state index in [-0.39, 0.29) is 22.9 Å². The van der Waals surface area contributed by atoms with Crippen molar-refractivity contribution < 1.29 is 23.8 Å². The number of nitrogens with zero attached hydrogens (tertiary/aromatic N) is 1. The first-order valence-electron chi connectivity index (χ1n) is 12.9. The van der Waals surface area contributed by atoms with Gasteiger partial charge in [0.1, 0.15) is 11.3 Å². The minimum Gasteiger partial charge on any atom is -0.478 e. The topological polar surface area (TPSA) is 109 Å². The lowest BCUT2D eigenvalue weighted by Gasteiger charge is -2.26. The maximum atomic E-state index is 13.5. The van der Waals surface area contributed by atoms with Crippen LogP contribution in [0.5, 0.6) is 0 Å². The van der Waals surface area contributed by atoms with E-state index in [0.29, 0.717) is 65.4 Å². The van der Waals surface area contributed by atoms with Crippen molar-refractivity contribution in [1.29, 1.82) is 0 Å². The van der Waals surface area contributed by atoms with Gasteiger partial charge in [-0.2, -0.15) is 0 Å². The molecule has 0 radical (unpaired) electrons. The van der Waals surface area contributed by atoms with Crippen molar-refractivity contribution in [3.8, 4) is 11.3 Å². The fraction of sp³-hybridized carbons (Fsp3) is 0.258. The highest BCUT2D eigenvalue weighted by atomic mass is 16.5. The lowest BCUT2D eigenvalue weighted by Crippen LogP contribution is -2.40. The van der Waals surface area contributed by atoms with E-state index in [1.165, 1.54) is 0 Å². The molecular formula is C31H30N2O6. The van der Waals surface area contributed by atoms with Gasteiger partial charge in [0.2, 0.25) is 0 Å². The van der Waals surface area contributed by atoms with Crippen molar-refractivity contribution in [1.82, 2.24) is 4.90 Å². The van der Waals surface area contributed by atoms with Gasteiger partial charge in [0.05, 0.1) is 30.2 Å². The molecule has 1 aliphatic heterocycles. The fourth-order valence-electron chi connectivity index (χ4n) is 4.98. The van der Waals surface area contributed by atoms with Crippen molar-refractivity contribution in [2.75, 3.05) is 31.6 Å². The third-order valence-corrected chi connectivity index (χ3v) is 7.08. The van der Waals surface area contributed by atoms with Crippen LogP contribution in [0.2, 0.25) is 0 Å². The first-order chi connectivity index (χ1) is 18.7. The number of amides is 1. The van der Waals surface area contributed by atoms with Crippen LogP contribution in [0, 0.1) is 13.8 Å². The number of aryl methyl sites for hydroxylation is 1. The molecule has 8 nitrogen and oxygen atoms in total. The number of hydrogen-bond donors (Lipinski definition) is 2. The maximum Gasteiger partial charge on any atom is 0.337 e. The van der Waals surface area contributed by atoms with Gasteiger partial charge >= 0.3 is 5.97 Å². The average Bonchev–Trinajstić information content (AvgIpc) is 2.95. The first-order valence-corrected chi connectivity index (χ1v) is 12.9. The SMILES string of the molecule is Cc1cc(C(C)Nc2ccccc2C(=O)O)c2oc(-c3ccc(C(=O)N4CCOCC4)cc3)c(C)c(=O)c2c1. The largest absolute Gasteiger partial charge is 0.478 e. The zero-order chi connectivity index (χ0) is 27.7. The number of carboxylic acids is 1. The van der Waals surface area contributed by atoms with Crippen LogP contribution in [0.4, 0.5) is 5.69 Å². The molecule has 1 atom stereocenters. The summed E-state index contributed by atoms with van der Waals surface area (Å²) in [5, 5.41) is 13.3. The van der Waals surface area contributed by atoms with Crippen LogP contribution in [0.1, 0.15) is 50.4 Å². The second kappa shape index (κ2) is 10.7. The molecular weight excluding hydrogens is 496 g/mol. The summed E-state index contributed by atoms with van der Waals surface area (Å²) in [4.78, 5) is 39.9. The predicted molar refractivity (Wildman–Crippen MR) is 150 cm³/mol. The molecule has 39 heavy (non-hydrogen) atoms. The molecule has 1 saturated heterocycles. The molecule has 4 aromatic rings. The van der Waals surface area contributed by atoms with Crippen molar-refractivity contribution >= 4 is 28.5 Å². The molecule has 1 amide bonds. The lowest BCUT2D eigenvalue weighted by molar-refractivity contribution is 0.0303. The minimum atomic E-state index is -1.03. The predicted octanol–water partition coefficient (Wildman–Crippen LogP) is 5.42. The van der Waals surface area contributed by atoms with E-state index < -0.39 is 5.97 Å². The summed E-state index contributed by atoms with van der Waals surface area (Å²) in [5.41, 5.74) is 4.29. The first kappa shape index (κ1) is 26.2. The van der Waals surface area contributed by atoms with Crippen LogP contribution in [0.25, 0.3) is 22.3 Å². The van der Waals surface area contributed by atoms with E-state index in [1.54, 1.807) is 60.4 Å². The van der Waals surface area contributed by atoms with Gasteiger partial charge in [0.25, 0.3) is 5.91 Å². The van der Waals surface area contributed by atoms with E-state index in [9.17, 15) is 19.5 Å². The molecule has 1 aromatic heterocycles. The Morgan fingerprint density at radius 1 is 1.00 bits per heavy atom. The Morgan fingerprint density at radius 2 is 1.69 bits per heavy atom. The molecule has 200 valence electrons. The third kappa shape index (κ3) is 5.15. The number of aromatic carboxylic acids is 1. The summed E-state index contributed by atoms with van der Waals surface area (Å²) in [5.74, 6) is -0.652. The number of carbonyl (C=O) groups excluding carboxylic acids is 1. The Morgan fingerprint density at radius 3 is 2.38 bits per heavy atom. The van der Waals surface area contributed by atoms with Crippen LogP contribution in [0.3, 0.4) is 0 Å². The summed E-state index contributed by atoms with van der Waals surface area (Å²) in [6.07, 6.45) is 0. The number of carbonyl (C=O) groups is 2. The van der Waals surface area contributed by atoms with Gasteiger partial charge in [-0.3, -0.25) is 9.59 Å². The second-order valence-electron chi connectivity index (χ2n) is 9.81. The highest BCUT2D eigenvalue weighted by Crippen LogP contribution is 2.33. The molecule has 1 unspecified atom stereocenters. The van der Waals surface area contributed by atoms with E-state index in [0.717, 1.165) is 11.1 Å². The van der Waals surface area contributed by atoms with Gasteiger partial charge in [0, 0.05) is 41.0 Å². The minimum absolute atomic E-state index is 0.0548. The van der Waals surface area contributed by atoms with Gasteiger partial charge in [0.15, 0.2) is 5.43 Å². The van der Waals surface area contributed by atoms with Crippen molar-refractivity contribution in [3.63, 3.8) is 0 Å². The number of anilines is 1. The molecule has 0 saturated carbocycles. The molecule has 3 aromatic carbocycles. The highest BCUT2D eigenvalue weighted by Gasteiger charge is 2.22. The standard InChI is InChI=1S/C31H30N2O6/c1-18-16-24(20(3)32-26-7-5-4-6-23(26)31(36)37)29-25(17-18)27(34)19(2)28(39-29)21-8-10-22(11-9-21)30(35)33-12-14-38-15-13-33/h4-11,16-17,20,32H,12-15H2,1-3H3,(H,36,37). The van der Waals surface area contributed by atoms with Crippen LogP contribution < -0.4 is 10.7 Å².